The van der Waals surface area contributed by atoms with Crippen LogP contribution >= 0.6 is 0 Å². The number of carbonyl (C=O) groups excluding carboxylic acids is 1. The van der Waals surface area contributed by atoms with Gasteiger partial charge in [0.25, 0.3) is 0 Å². The maximum Gasteiger partial charge on any atom is 0.319 e. The number of methoxy groups -OCH3 is 1. The van der Waals surface area contributed by atoms with Crippen LogP contribution in [0.1, 0.15) is 6.92 Å². The molecule has 0 aromatic heterocycles. The van der Waals surface area contributed by atoms with Crippen LogP contribution in [-0.4, -0.2) is 63.9 Å². The lowest BCUT2D eigenvalue weighted by atomic mass is 10.2. The van der Waals surface area contributed by atoms with Gasteiger partial charge in [-0.3, -0.25) is 0 Å². The summed E-state index contributed by atoms with van der Waals surface area (Å²) in [5, 5.41) is 5.81. The van der Waals surface area contributed by atoms with Crippen LogP contribution in [0.25, 0.3) is 0 Å². The van der Waals surface area contributed by atoms with Gasteiger partial charge in [0.05, 0.1) is 25.0 Å². The second kappa shape index (κ2) is 10.6. The predicted molar refractivity (Wildman–Crippen MR) is 116 cm³/mol. The average Bonchev–Trinajstić information content (AvgIpc) is 2.77. The van der Waals surface area contributed by atoms with E-state index in [1.165, 1.54) is 0 Å². The van der Waals surface area contributed by atoms with Crippen molar-refractivity contribution in [1.29, 1.82) is 0 Å². The molecule has 2 N–H and O–H groups in total. The molecule has 1 heterocycles. The Bertz CT molecular complexity index is 791. The Hall–Kier alpha value is -2.93. The van der Waals surface area contributed by atoms with E-state index in [-0.39, 0.29) is 6.03 Å². The number of urea groups is 1. The third kappa shape index (κ3) is 5.77. The van der Waals surface area contributed by atoms with Crippen LogP contribution in [-0.2, 0) is 0 Å². The van der Waals surface area contributed by atoms with Gasteiger partial charge in [-0.1, -0.05) is 31.2 Å². The highest BCUT2D eigenvalue weighted by molar-refractivity contribution is 5.93. The zero-order valence-electron chi connectivity index (χ0n) is 17.2. The smallest absolute Gasteiger partial charge is 0.319 e. The van der Waals surface area contributed by atoms with Gasteiger partial charge in [0.15, 0.2) is 11.5 Å². The molecular weight excluding hydrogens is 368 g/mol. The van der Waals surface area contributed by atoms with Gasteiger partial charge in [0.2, 0.25) is 0 Å². The molecule has 0 atom stereocenters. The van der Waals surface area contributed by atoms with Crippen LogP contribution in [0, 0.1) is 0 Å². The number of hydrogen-bond acceptors (Lipinski definition) is 5. The summed E-state index contributed by atoms with van der Waals surface area (Å²) in [6.07, 6.45) is 0. The van der Waals surface area contributed by atoms with Gasteiger partial charge in [0.1, 0.15) is 6.61 Å². The summed E-state index contributed by atoms with van der Waals surface area (Å²) in [4.78, 5) is 17.1. The first-order valence-corrected chi connectivity index (χ1v) is 10.1. The third-order valence-corrected chi connectivity index (χ3v) is 5.03. The molecule has 29 heavy (non-hydrogen) atoms. The van der Waals surface area contributed by atoms with Crippen molar-refractivity contribution in [3.8, 4) is 11.5 Å². The quantitative estimate of drug-likeness (QED) is 0.669. The number of likely N-dealkylation sites (N-methyl/N-ethyl adjacent to an activating group) is 1. The summed E-state index contributed by atoms with van der Waals surface area (Å²) < 4.78 is 10.9. The number of carbonyl (C=O) groups is 1. The van der Waals surface area contributed by atoms with E-state index >= 15 is 0 Å². The third-order valence-electron chi connectivity index (χ3n) is 5.03. The van der Waals surface area contributed by atoms with E-state index in [0.29, 0.717) is 24.7 Å². The molecule has 2 aromatic rings. The van der Waals surface area contributed by atoms with Crippen molar-refractivity contribution in [2.45, 2.75) is 6.92 Å². The lowest BCUT2D eigenvalue weighted by Crippen LogP contribution is -2.46. The molecule has 7 nitrogen and oxygen atoms in total. The Morgan fingerprint density at radius 2 is 1.69 bits per heavy atom. The summed E-state index contributed by atoms with van der Waals surface area (Å²) in [7, 11) is 1.60. The molecule has 156 valence electrons. The standard InChI is InChI=1S/C22H30N4O3/c1-3-25-13-15-26(16-14-25)19-9-5-4-8-18(19)24-22(27)23-12-17-29-21-11-7-6-10-20(21)28-2/h4-11H,3,12-17H2,1-2H3,(H2,23,24,27). The van der Waals surface area contributed by atoms with Crippen LogP contribution in [0.3, 0.4) is 0 Å². The zero-order valence-corrected chi connectivity index (χ0v) is 17.2. The van der Waals surface area contributed by atoms with Gasteiger partial charge in [-0.25, -0.2) is 4.79 Å². The van der Waals surface area contributed by atoms with Crippen molar-refractivity contribution in [2.75, 3.05) is 63.2 Å². The molecule has 0 spiro atoms. The average molecular weight is 399 g/mol. The molecule has 1 fully saturated rings. The molecular formula is C22H30N4O3. The molecule has 0 saturated carbocycles. The lowest BCUT2D eigenvalue weighted by molar-refractivity contribution is 0.246. The second-order valence-electron chi connectivity index (χ2n) is 6.82. The van der Waals surface area contributed by atoms with E-state index in [1.807, 2.05) is 42.5 Å². The molecule has 2 amide bonds. The Morgan fingerprint density at radius 1 is 1.00 bits per heavy atom. The Kier molecular flexibility index (Phi) is 7.58. The van der Waals surface area contributed by atoms with Gasteiger partial charge in [0, 0.05) is 26.2 Å². The van der Waals surface area contributed by atoms with Gasteiger partial charge in [-0.15, -0.1) is 0 Å². The number of ether oxygens (including phenoxy) is 2. The summed E-state index contributed by atoms with van der Waals surface area (Å²) in [6.45, 7) is 8.01. The largest absolute Gasteiger partial charge is 0.493 e. The van der Waals surface area contributed by atoms with Crippen LogP contribution in [0.4, 0.5) is 16.2 Å². The summed E-state index contributed by atoms with van der Waals surface area (Å²) in [5.74, 6) is 1.34. The van der Waals surface area contributed by atoms with E-state index in [4.69, 9.17) is 9.47 Å². The SMILES string of the molecule is CCN1CCN(c2ccccc2NC(=O)NCCOc2ccccc2OC)CC1. The van der Waals surface area contributed by atoms with Crippen LogP contribution in [0.15, 0.2) is 48.5 Å². The number of amides is 2. The highest BCUT2D eigenvalue weighted by Gasteiger charge is 2.18. The Labute approximate surface area is 172 Å². The molecule has 1 saturated heterocycles. The van der Waals surface area contributed by atoms with Crippen LogP contribution in [0.5, 0.6) is 11.5 Å². The van der Waals surface area contributed by atoms with Crippen molar-refractivity contribution in [2.24, 2.45) is 0 Å². The fraction of sp³-hybridized carbons (Fsp3) is 0.409. The maximum absolute atomic E-state index is 12.4. The number of rotatable bonds is 8. The normalized spacial score (nSPS) is 14.3. The van der Waals surface area contributed by atoms with E-state index in [1.54, 1.807) is 7.11 Å². The van der Waals surface area contributed by atoms with E-state index in [2.05, 4.69) is 33.4 Å². The fourth-order valence-corrected chi connectivity index (χ4v) is 3.39. The first kappa shape index (κ1) is 20.8. The molecule has 7 heteroatoms. The van der Waals surface area contributed by atoms with Gasteiger partial charge < -0.3 is 29.9 Å². The number of benzene rings is 2. The highest BCUT2D eigenvalue weighted by Crippen LogP contribution is 2.27. The zero-order chi connectivity index (χ0) is 20.5. The molecule has 0 unspecified atom stereocenters. The Balaban J connectivity index is 1.48. The molecule has 0 bridgehead atoms. The monoisotopic (exact) mass is 398 g/mol. The van der Waals surface area contributed by atoms with Crippen molar-refractivity contribution >= 4 is 17.4 Å². The number of nitrogens with zero attached hydrogens (tertiary/aromatic N) is 2. The second-order valence-corrected chi connectivity index (χ2v) is 6.82. The van der Waals surface area contributed by atoms with Crippen LogP contribution in [0.2, 0.25) is 0 Å². The van der Waals surface area contributed by atoms with E-state index in [9.17, 15) is 4.79 Å². The van der Waals surface area contributed by atoms with Crippen molar-refractivity contribution in [1.82, 2.24) is 10.2 Å². The first-order valence-electron chi connectivity index (χ1n) is 10.1. The predicted octanol–water partition coefficient (Wildman–Crippen LogP) is 3.04. The Morgan fingerprint density at radius 3 is 2.41 bits per heavy atom. The van der Waals surface area contributed by atoms with Crippen molar-refractivity contribution in [3.05, 3.63) is 48.5 Å². The van der Waals surface area contributed by atoms with E-state index in [0.717, 1.165) is 44.1 Å². The van der Waals surface area contributed by atoms with Gasteiger partial charge >= 0.3 is 6.03 Å². The molecule has 0 aliphatic carbocycles. The molecule has 3 rings (SSSR count). The minimum Gasteiger partial charge on any atom is -0.493 e. The number of anilines is 2. The number of hydrogen-bond donors (Lipinski definition) is 2. The van der Waals surface area contributed by atoms with Crippen molar-refractivity contribution in [3.63, 3.8) is 0 Å². The minimum absolute atomic E-state index is 0.242. The molecule has 1 aliphatic heterocycles. The molecule has 1 aliphatic rings. The minimum atomic E-state index is -0.242. The maximum atomic E-state index is 12.4. The first-order chi connectivity index (χ1) is 14.2. The van der Waals surface area contributed by atoms with Crippen LogP contribution < -0.4 is 25.0 Å². The number of nitrogens with one attached hydrogen (secondary N) is 2. The van der Waals surface area contributed by atoms with Crippen molar-refractivity contribution < 1.29 is 14.3 Å². The fourth-order valence-electron chi connectivity index (χ4n) is 3.39. The van der Waals surface area contributed by atoms with E-state index < -0.39 is 0 Å². The highest BCUT2D eigenvalue weighted by atomic mass is 16.5. The molecule has 0 radical (unpaired) electrons. The van der Waals surface area contributed by atoms with Gasteiger partial charge in [-0.2, -0.15) is 0 Å². The topological polar surface area (TPSA) is 66.1 Å². The summed E-state index contributed by atoms with van der Waals surface area (Å²) in [5.41, 5.74) is 1.88. The molecule has 2 aromatic carbocycles. The lowest BCUT2D eigenvalue weighted by Gasteiger charge is -2.36. The number of para-hydroxylation sites is 4. The van der Waals surface area contributed by atoms with Gasteiger partial charge in [-0.05, 0) is 30.8 Å². The summed E-state index contributed by atoms with van der Waals surface area (Å²) >= 11 is 0. The summed E-state index contributed by atoms with van der Waals surface area (Å²) in [6, 6.07) is 15.1. The number of piperazine rings is 1.